The molecule has 0 aliphatic heterocycles. The Morgan fingerprint density at radius 3 is 2.18 bits per heavy atom. The van der Waals surface area contributed by atoms with E-state index >= 15 is 0 Å². The zero-order valence-corrected chi connectivity index (χ0v) is 12.1. The minimum atomic E-state index is 0.000985. The van der Waals surface area contributed by atoms with Crippen LogP contribution in [-0.4, -0.2) is 5.11 Å². The number of phenolic OH excluding ortho intramolecular Hbond substituents is 1. The van der Waals surface area contributed by atoms with Crippen molar-refractivity contribution in [1.29, 1.82) is 0 Å². The Hall–Kier alpha value is -0.980. The summed E-state index contributed by atoms with van der Waals surface area (Å²) in [5.41, 5.74) is 3.50. The predicted molar refractivity (Wildman–Crippen MR) is 74.7 cm³/mol. The van der Waals surface area contributed by atoms with E-state index in [1.54, 1.807) is 0 Å². The Labute approximate surface area is 106 Å². The van der Waals surface area contributed by atoms with Gasteiger partial charge in [0.15, 0.2) is 0 Å². The molecule has 17 heavy (non-hydrogen) atoms. The molecule has 1 nitrogen and oxygen atoms in total. The molecule has 0 saturated heterocycles. The molecule has 1 aromatic carbocycles. The second-order valence-electron chi connectivity index (χ2n) is 6.35. The van der Waals surface area contributed by atoms with Gasteiger partial charge in [-0.05, 0) is 40.9 Å². The van der Waals surface area contributed by atoms with Crippen LogP contribution in [0.5, 0.6) is 5.75 Å². The summed E-state index contributed by atoms with van der Waals surface area (Å²) in [6, 6.07) is 4.31. The topological polar surface area (TPSA) is 20.2 Å². The number of hydrogen-bond acceptors (Lipinski definition) is 1. The second kappa shape index (κ2) is 5.12. The summed E-state index contributed by atoms with van der Waals surface area (Å²) >= 11 is 0. The van der Waals surface area contributed by atoms with Gasteiger partial charge in [-0.1, -0.05) is 53.7 Å². The quantitative estimate of drug-likeness (QED) is 0.819. The minimum Gasteiger partial charge on any atom is -0.507 e. The average molecular weight is 234 g/mol. The van der Waals surface area contributed by atoms with Gasteiger partial charge in [0.1, 0.15) is 5.75 Å². The first-order chi connectivity index (χ1) is 7.75. The second-order valence-corrected chi connectivity index (χ2v) is 6.35. The van der Waals surface area contributed by atoms with E-state index in [4.69, 9.17) is 0 Å². The van der Waals surface area contributed by atoms with E-state index in [0.717, 1.165) is 24.0 Å². The zero-order chi connectivity index (χ0) is 13.2. The first kappa shape index (κ1) is 14.1. The maximum Gasteiger partial charge on any atom is 0.122 e. The van der Waals surface area contributed by atoms with E-state index in [0.29, 0.717) is 11.7 Å². The van der Waals surface area contributed by atoms with Crippen molar-refractivity contribution in [1.82, 2.24) is 0 Å². The molecule has 1 N–H and O–H groups in total. The largest absolute Gasteiger partial charge is 0.507 e. The summed E-state index contributed by atoms with van der Waals surface area (Å²) < 4.78 is 0. The van der Waals surface area contributed by atoms with Crippen LogP contribution >= 0.6 is 0 Å². The first-order valence-electron chi connectivity index (χ1n) is 6.61. The molecule has 1 rings (SSSR count). The lowest BCUT2D eigenvalue weighted by Gasteiger charge is -2.23. The number of phenols is 1. The molecule has 0 radical (unpaired) electrons. The van der Waals surface area contributed by atoms with Gasteiger partial charge in [-0.25, -0.2) is 0 Å². The van der Waals surface area contributed by atoms with Crippen LogP contribution in [0, 0.1) is 5.92 Å². The molecular weight excluding hydrogens is 208 g/mol. The number of aromatic hydroxyl groups is 1. The molecule has 0 amide bonds. The van der Waals surface area contributed by atoms with Crippen molar-refractivity contribution in [2.24, 2.45) is 5.92 Å². The molecule has 0 unspecified atom stereocenters. The highest BCUT2D eigenvalue weighted by atomic mass is 16.3. The van der Waals surface area contributed by atoms with Crippen molar-refractivity contribution in [3.05, 3.63) is 28.8 Å². The first-order valence-corrected chi connectivity index (χ1v) is 6.61. The van der Waals surface area contributed by atoms with E-state index in [1.165, 1.54) is 5.56 Å². The number of benzene rings is 1. The van der Waals surface area contributed by atoms with Crippen molar-refractivity contribution in [3.63, 3.8) is 0 Å². The summed E-state index contributed by atoms with van der Waals surface area (Å²) in [4.78, 5) is 0. The van der Waals surface area contributed by atoms with Gasteiger partial charge >= 0.3 is 0 Å². The standard InChI is InChI=1S/C16H26O/c1-7-12-9-13(8-11(2)3)15(17)14(10-12)16(4,5)6/h9-11,17H,7-8H2,1-6H3. The lowest BCUT2D eigenvalue weighted by molar-refractivity contribution is 0.435. The van der Waals surface area contributed by atoms with Gasteiger partial charge in [0.2, 0.25) is 0 Å². The lowest BCUT2D eigenvalue weighted by atomic mass is 9.82. The highest BCUT2D eigenvalue weighted by molar-refractivity contribution is 5.47. The van der Waals surface area contributed by atoms with Gasteiger partial charge in [0.25, 0.3) is 0 Å². The van der Waals surface area contributed by atoms with Gasteiger partial charge in [-0.2, -0.15) is 0 Å². The van der Waals surface area contributed by atoms with Crippen LogP contribution in [0.3, 0.4) is 0 Å². The lowest BCUT2D eigenvalue weighted by Crippen LogP contribution is -2.13. The van der Waals surface area contributed by atoms with E-state index in [2.05, 4.69) is 53.7 Å². The smallest absolute Gasteiger partial charge is 0.122 e. The summed E-state index contributed by atoms with van der Waals surface area (Å²) in [5.74, 6) is 1.07. The van der Waals surface area contributed by atoms with E-state index in [1.807, 2.05) is 0 Å². The monoisotopic (exact) mass is 234 g/mol. The minimum absolute atomic E-state index is 0.000985. The molecule has 1 aromatic rings. The number of aryl methyl sites for hydroxylation is 1. The molecule has 0 atom stereocenters. The van der Waals surface area contributed by atoms with Crippen LogP contribution in [0.1, 0.15) is 58.2 Å². The van der Waals surface area contributed by atoms with Crippen molar-refractivity contribution >= 4 is 0 Å². The van der Waals surface area contributed by atoms with Crippen molar-refractivity contribution < 1.29 is 5.11 Å². The summed E-state index contributed by atoms with van der Waals surface area (Å²) in [5, 5.41) is 10.4. The fraction of sp³-hybridized carbons (Fsp3) is 0.625. The van der Waals surface area contributed by atoms with Crippen LogP contribution in [0.15, 0.2) is 12.1 Å². The Morgan fingerprint density at radius 1 is 1.18 bits per heavy atom. The molecule has 0 aliphatic carbocycles. The molecule has 0 heterocycles. The van der Waals surface area contributed by atoms with Crippen molar-refractivity contribution in [3.8, 4) is 5.75 Å². The summed E-state index contributed by atoms with van der Waals surface area (Å²) in [6.45, 7) is 13.0. The zero-order valence-electron chi connectivity index (χ0n) is 12.1. The highest BCUT2D eigenvalue weighted by Gasteiger charge is 2.21. The maximum absolute atomic E-state index is 10.4. The molecule has 96 valence electrons. The predicted octanol–water partition coefficient (Wildman–Crippen LogP) is 4.45. The van der Waals surface area contributed by atoms with E-state index in [9.17, 15) is 5.11 Å². The molecular formula is C16H26O. The van der Waals surface area contributed by atoms with Crippen molar-refractivity contribution in [2.75, 3.05) is 0 Å². The molecule has 1 heteroatoms. The Morgan fingerprint density at radius 2 is 1.76 bits per heavy atom. The van der Waals surface area contributed by atoms with Crippen molar-refractivity contribution in [2.45, 2.75) is 59.8 Å². The average Bonchev–Trinajstić information content (AvgIpc) is 2.18. The van der Waals surface area contributed by atoms with Gasteiger partial charge in [-0.3, -0.25) is 0 Å². The van der Waals surface area contributed by atoms with E-state index in [-0.39, 0.29) is 5.41 Å². The van der Waals surface area contributed by atoms with Crippen LogP contribution in [-0.2, 0) is 18.3 Å². The molecule has 0 aromatic heterocycles. The van der Waals surface area contributed by atoms with Gasteiger partial charge < -0.3 is 5.11 Å². The highest BCUT2D eigenvalue weighted by Crippen LogP contribution is 2.35. The van der Waals surface area contributed by atoms with Gasteiger partial charge in [0.05, 0.1) is 0 Å². The van der Waals surface area contributed by atoms with Gasteiger partial charge in [0, 0.05) is 0 Å². The Balaban J connectivity index is 3.31. The summed E-state index contributed by atoms with van der Waals surface area (Å²) in [6.07, 6.45) is 1.97. The fourth-order valence-electron chi connectivity index (χ4n) is 2.13. The normalized spacial score (nSPS) is 12.2. The third kappa shape index (κ3) is 3.49. The van der Waals surface area contributed by atoms with Crippen LogP contribution in [0.2, 0.25) is 0 Å². The molecule has 0 fully saturated rings. The Kier molecular flexibility index (Phi) is 4.24. The molecule has 0 spiro atoms. The number of rotatable bonds is 3. The van der Waals surface area contributed by atoms with Crippen LogP contribution < -0.4 is 0 Å². The maximum atomic E-state index is 10.4. The molecule has 0 bridgehead atoms. The Bertz CT molecular complexity index is 383. The third-order valence-corrected chi connectivity index (χ3v) is 3.09. The van der Waals surface area contributed by atoms with E-state index < -0.39 is 0 Å². The molecule has 0 aliphatic rings. The number of hydrogen-bond donors (Lipinski definition) is 1. The fourth-order valence-corrected chi connectivity index (χ4v) is 2.13. The van der Waals surface area contributed by atoms with Crippen LogP contribution in [0.4, 0.5) is 0 Å². The SMILES string of the molecule is CCc1cc(CC(C)C)c(O)c(C(C)(C)C)c1. The summed E-state index contributed by atoms with van der Waals surface area (Å²) in [7, 11) is 0. The van der Waals surface area contributed by atoms with Crippen LogP contribution in [0.25, 0.3) is 0 Å². The van der Waals surface area contributed by atoms with Gasteiger partial charge in [-0.15, -0.1) is 0 Å². The molecule has 0 saturated carbocycles. The third-order valence-electron chi connectivity index (χ3n) is 3.09.